The molecule has 1 saturated heterocycles. The highest BCUT2D eigenvalue weighted by Gasteiger charge is 2.26. The van der Waals surface area contributed by atoms with Gasteiger partial charge < -0.3 is 19.7 Å². The second-order valence-corrected chi connectivity index (χ2v) is 7.54. The monoisotopic (exact) mass is 362 g/mol. The number of nitrogens with one attached hydrogen (secondary N) is 1. The molecule has 1 aromatic rings. The molecule has 0 aliphatic carbocycles. The fraction of sp³-hybridized carbons (Fsp3) is 0.600. The number of benzene rings is 1. The summed E-state index contributed by atoms with van der Waals surface area (Å²) in [5.74, 6) is -0.0563. The van der Waals surface area contributed by atoms with E-state index in [2.05, 4.69) is 22.3 Å². The molecule has 0 atom stereocenters. The molecule has 1 fully saturated rings. The summed E-state index contributed by atoms with van der Waals surface area (Å²) in [6.07, 6.45) is 1.23. The van der Waals surface area contributed by atoms with Gasteiger partial charge in [0.05, 0.1) is 12.5 Å². The Morgan fingerprint density at radius 2 is 1.77 bits per heavy atom. The van der Waals surface area contributed by atoms with Gasteiger partial charge in [0, 0.05) is 25.3 Å². The quantitative estimate of drug-likeness (QED) is 0.812. The molecule has 1 aliphatic rings. The lowest BCUT2D eigenvalue weighted by molar-refractivity contribution is -0.148. The van der Waals surface area contributed by atoms with Crippen molar-refractivity contribution in [3.8, 4) is 0 Å². The largest absolute Gasteiger partial charge is 0.466 e. The van der Waals surface area contributed by atoms with E-state index in [1.165, 1.54) is 0 Å². The first-order valence-corrected chi connectivity index (χ1v) is 9.26. The average Bonchev–Trinajstić information content (AvgIpc) is 2.59. The van der Waals surface area contributed by atoms with Gasteiger partial charge in [-0.2, -0.15) is 0 Å². The lowest BCUT2D eigenvalue weighted by Gasteiger charge is -2.32. The average molecular weight is 362 g/mol. The van der Waals surface area contributed by atoms with Crippen LogP contribution in [0.4, 0.5) is 10.5 Å². The van der Waals surface area contributed by atoms with Crippen molar-refractivity contribution in [2.45, 2.75) is 52.7 Å². The topological polar surface area (TPSA) is 67.9 Å². The smallest absolute Gasteiger partial charge is 0.407 e. The van der Waals surface area contributed by atoms with Crippen LogP contribution < -0.4 is 10.2 Å². The fourth-order valence-corrected chi connectivity index (χ4v) is 2.95. The van der Waals surface area contributed by atoms with Gasteiger partial charge in [0.1, 0.15) is 5.60 Å². The molecule has 0 bridgehead atoms. The highest BCUT2D eigenvalue weighted by Crippen LogP contribution is 2.24. The summed E-state index contributed by atoms with van der Waals surface area (Å²) in [5, 5.41) is 2.76. The van der Waals surface area contributed by atoms with E-state index >= 15 is 0 Å². The van der Waals surface area contributed by atoms with Gasteiger partial charge in [0.2, 0.25) is 0 Å². The maximum Gasteiger partial charge on any atom is 0.407 e. The van der Waals surface area contributed by atoms with Crippen molar-refractivity contribution in [3.63, 3.8) is 0 Å². The normalized spacial score (nSPS) is 15.5. The van der Waals surface area contributed by atoms with Crippen molar-refractivity contribution in [2.24, 2.45) is 5.92 Å². The minimum absolute atomic E-state index is 0.0171. The van der Waals surface area contributed by atoms with Gasteiger partial charge in [0.25, 0.3) is 0 Å². The Morgan fingerprint density at radius 1 is 1.15 bits per heavy atom. The van der Waals surface area contributed by atoms with Crippen molar-refractivity contribution in [1.82, 2.24) is 5.32 Å². The second kappa shape index (κ2) is 8.92. The Labute approximate surface area is 155 Å². The summed E-state index contributed by atoms with van der Waals surface area (Å²) in [4.78, 5) is 25.8. The van der Waals surface area contributed by atoms with E-state index < -0.39 is 11.7 Å². The molecule has 0 spiro atoms. The van der Waals surface area contributed by atoms with Crippen molar-refractivity contribution in [3.05, 3.63) is 29.8 Å². The van der Waals surface area contributed by atoms with E-state index in [9.17, 15) is 9.59 Å². The minimum Gasteiger partial charge on any atom is -0.466 e. The zero-order valence-electron chi connectivity index (χ0n) is 16.2. The SMILES string of the molecule is CCOC(=O)C1CCN(c2ccc(CNC(=O)OC(C)(C)C)cc2)CC1. The maximum absolute atomic E-state index is 11.8. The van der Waals surface area contributed by atoms with Gasteiger partial charge >= 0.3 is 12.1 Å². The third kappa shape index (κ3) is 6.24. The third-order valence-electron chi connectivity index (χ3n) is 4.25. The lowest BCUT2D eigenvalue weighted by atomic mass is 9.96. The Bertz CT molecular complexity index is 599. The van der Waals surface area contributed by atoms with Crippen LogP contribution in [0.25, 0.3) is 0 Å². The molecule has 0 saturated carbocycles. The first-order chi connectivity index (χ1) is 12.3. The lowest BCUT2D eigenvalue weighted by Crippen LogP contribution is -2.37. The Morgan fingerprint density at radius 3 is 2.31 bits per heavy atom. The second-order valence-electron chi connectivity index (χ2n) is 7.54. The number of carbonyl (C=O) groups excluding carboxylic acids is 2. The van der Waals surface area contributed by atoms with E-state index in [1.54, 1.807) is 0 Å². The van der Waals surface area contributed by atoms with Gasteiger partial charge in [-0.15, -0.1) is 0 Å². The number of carbonyl (C=O) groups is 2. The summed E-state index contributed by atoms with van der Waals surface area (Å²) >= 11 is 0. The molecule has 26 heavy (non-hydrogen) atoms. The van der Waals surface area contributed by atoms with Crippen molar-refractivity contribution >= 4 is 17.7 Å². The van der Waals surface area contributed by atoms with Crippen LogP contribution in [0.3, 0.4) is 0 Å². The van der Waals surface area contributed by atoms with Gasteiger partial charge in [-0.25, -0.2) is 4.79 Å². The molecule has 6 nitrogen and oxygen atoms in total. The number of hydrogen-bond donors (Lipinski definition) is 1. The van der Waals surface area contributed by atoms with Crippen LogP contribution >= 0.6 is 0 Å². The van der Waals surface area contributed by atoms with Gasteiger partial charge in [-0.3, -0.25) is 4.79 Å². The number of rotatable bonds is 5. The fourth-order valence-electron chi connectivity index (χ4n) is 2.95. The maximum atomic E-state index is 11.8. The van der Waals surface area contributed by atoms with E-state index in [-0.39, 0.29) is 11.9 Å². The molecule has 0 aromatic heterocycles. The number of esters is 1. The van der Waals surface area contributed by atoms with Crippen LogP contribution in [0.1, 0.15) is 46.1 Å². The molecule has 1 heterocycles. The molecule has 0 radical (unpaired) electrons. The molecule has 2 rings (SSSR count). The van der Waals surface area contributed by atoms with Gasteiger partial charge in [-0.1, -0.05) is 12.1 Å². The van der Waals surface area contributed by atoms with Crippen LogP contribution in [0, 0.1) is 5.92 Å². The number of hydrogen-bond acceptors (Lipinski definition) is 5. The van der Waals surface area contributed by atoms with Crippen molar-refractivity contribution < 1.29 is 19.1 Å². The van der Waals surface area contributed by atoms with Crippen LogP contribution in [0.2, 0.25) is 0 Å². The van der Waals surface area contributed by atoms with E-state index in [4.69, 9.17) is 9.47 Å². The number of ether oxygens (including phenoxy) is 2. The van der Waals surface area contributed by atoms with Crippen LogP contribution in [0.5, 0.6) is 0 Å². The zero-order valence-corrected chi connectivity index (χ0v) is 16.2. The number of anilines is 1. The van der Waals surface area contributed by atoms with Crippen LogP contribution in [-0.4, -0.2) is 37.4 Å². The van der Waals surface area contributed by atoms with Crippen LogP contribution in [-0.2, 0) is 20.8 Å². The van der Waals surface area contributed by atoms with Gasteiger partial charge in [0.15, 0.2) is 0 Å². The molecule has 1 N–H and O–H groups in total. The third-order valence-corrected chi connectivity index (χ3v) is 4.25. The summed E-state index contributed by atoms with van der Waals surface area (Å²) in [6.45, 7) is 9.92. The standard InChI is InChI=1S/C20H30N2O4/c1-5-25-18(23)16-10-12-22(13-11-16)17-8-6-15(7-9-17)14-21-19(24)26-20(2,3)4/h6-9,16H,5,10-14H2,1-4H3,(H,21,24). The summed E-state index contributed by atoms with van der Waals surface area (Å²) in [6, 6.07) is 8.11. The highest BCUT2D eigenvalue weighted by molar-refractivity contribution is 5.73. The predicted molar refractivity (Wildman–Crippen MR) is 101 cm³/mol. The molecule has 144 valence electrons. The minimum atomic E-state index is -0.496. The van der Waals surface area contributed by atoms with E-state index in [0.717, 1.165) is 37.2 Å². The highest BCUT2D eigenvalue weighted by atomic mass is 16.6. The first-order valence-electron chi connectivity index (χ1n) is 9.26. The van der Waals surface area contributed by atoms with Crippen molar-refractivity contribution in [2.75, 3.05) is 24.6 Å². The summed E-state index contributed by atoms with van der Waals surface area (Å²) < 4.78 is 10.3. The first kappa shape index (κ1) is 20.1. The molecule has 1 aliphatic heterocycles. The number of alkyl carbamates (subject to hydrolysis) is 1. The predicted octanol–water partition coefficient (Wildman–Crippen LogP) is 3.49. The zero-order chi connectivity index (χ0) is 19.2. The Kier molecular flexibility index (Phi) is 6.89. The Hall–Kier alpha value is -2.24. The molecular formula is C20H30N2O4. The van der Waals surface area contributed by atoms with Crippen molar-refractivity contribution in [1.29, 1.82) is 0 Å². The number of piperidine rings is 1. The van der Waals surface area contributed by atoms with E-state index in [0.29, 0.717) is 13.2 Å². The molecule has 0 unspecified atom stereocenters. The van der Waals surface area contributed by atoms with Crippen LogP contribution in [0.15, 0.2) is 24.3 Å². The molecule has 1 aromatic carbocycles. The summed E-state index contributed by atoms with van der Waals surface area (Å²) in [5.41, 5.74) is 1.65. The van der Waals surface area contributed by atoms with E-state index in [1.807, 2.05) is 39.8 Å². The molecule has 6 heteroatoms. The Balaban J connectivity index is 1.81. The molecular weight excluding hydrogens is 332 g/mol. The number of nitrogens with zero attached hydrogens (tertiary/aromatic N) is 1. The van der Waals surface area contributed by atoms with Gasteiger partial charge in [-0.05, 0) is 58.2 Å². The summed E-state index contributed by atoms with van der Waals surface area (Å²) in [7, 11) is 0. The number of amides is 1. The molecule has 1 amide bonds.